The molecule has 0 aromatic heterocycles. The Bertz CT molecular complexity index is 1070. The monoisotopic (exact) mass is 442 g/mol. The number of carbonyl (C=O) groups is 2. The first kappa shape index (κ1) is 23.5. The van der Waals surface area contributed by atoms with E-state index in [0.29, 0.717) is 19.0 Å². The van der Waals surface area contributed by atoms with Crippen LogP contribution in [0.4, 0.5) is 0 Å². The molecule has 0 heterocycles. The maximum Gasteiger partial charge on any atom is 0.336 e. The molecule has 3 rings (SSSR count). The standard InChI is InChI=1S/C28H26O5/c1-2-27(29)32-21-7-6-20-31-25-15-10-22(11-16-25)12-19-28(30)33-26-17-13-24(14-18-26)23-8-4-3-5-9-23/h2-5,8-19H,1,6-7,20-21H2/b19-12+. The Labute approximate surface area is 193 Å². The third-order valence-corrected chi connectivity index (χ3v) is 4.69. The van der Waals surface area contributed by atoms with Crippen molar-refractivity contribution in [2.24, 2.45) is 0 Å². The summed E-state index contributed by atoms with van der Waals surface area (Å²) in [7, 11) is 0. The molecule has 5 nitrogen and oxygen atoms in total. The average Bonchev–Trinajstić information content (AvgIpc) is 2.86. The van der Waals surface area contributed by atoms with E-state index in [0.717, 1.165) is 41.4 Å². The Kier molecular flexibility index (Phi) is 9.04. The highest BCUT2D eigenvalue weighted by Gasteiger charge is 2.03. The van der Waals surface area contributed by atoms with Gasteiger partial charge in [0, 0.05) is 12.2 Å². The van der Waals surface area contributed by atoms with Crippen molar-refractivity contribution < 1.29 is 23.8 Å². The van der Waals surface area contributed by atoms with Crippen molar-refractivity contribution in [2.45, 2.75) is 12.8 Å². The number of carbonyl (C=O) groups excluding carboxylic acids is 2. The molecule has 0 amide bonds. The SMILES string of the molecule is C=CC(=O)OCCCCOc1ccc(/C=C/C(=O)Oc2ccc(-c3ccccc3)cc2)cc1. The van der Waals surface area contributed by atoms with Gasteiger partial charge in [-0.1, -0.05) is 61.2 Å². The zero-order valence-corrected chi connectivity index (χ0v) is 18.3. The summed E-state index contributed by atoms with van der Waals surface area (Å²) in [6, 6.07) is 24.8. The zero-order chi connectivity index (χ0) is 23.3. The summed E-state index contributed by atoms with van der Waals surface area (Å²) in [5.74, 6) is 0.369. The minimum atomic E-state index is -0.444. The second kappa shape index (κ2) is 12.7. The number of hydrogen-bond donors (Lipinski definition) is 0. The van der Waals surface area contributed by atoms with Gasteiger partial charge in [-0.25, -0.2) is 9.59 Å². The molecule has 5 heteroatoms. The van der Waals surface area contributed by atoms with Crippen molar-refractivity contribution in [1.29, 1.82) is 0 Å². The van der Waals surface area contributed by atoms with E-state index < -0.39 is 11.9 Å². The summed E-state index contributed by atoms with van der Waals surface area (Å²) in [4.78, 5) is 23.1. The van der Waals surface area contributed by atoms with Crippen LogP contribution in [0.2, 0.25) is 0 Å². The van der Waals surface area contributed by atoms with Crippen molar-refractivity contribution in [3.8, 4) is 22.6 Å². The second-order valence-electron chi connectivity index (χ2n) is 7.14. The highest BCUT2D eigenvalue weighted by Crippen LogP contribution is 2.22. The maximum absolute atomic E-state index is 12.1. The van der Waals surface area contributed by atoms with Crippen LogP contribution in [-0.2, 0) is 14.3 Å². The third-order valence-electron chi connectivity index (χ3n) is 4.69. The van der Waals surface area contributed by atoms with Gasteiger partial charge in [-0.15, -0.1) is 0 Å². The first-order valence-corrected chi connectivity index (χ1v) is 10.7. The highest BCUT2D eigenvalue weighted by molar-refractivity contribution is 5.88. The van der Waals surface area contributed by atoms with Crippen LogP contribution in [0.5, 0.6) is 11.5 Å². The molecule has 3 aromatic carbocycles. The van der Waals surface area contributed by atoms with Gasteiger partial charge in [0.15, 0.2) is 0 Å². The van der Waals surface area contributed by atoms with E-state index in [2.05, 4.69) is 6.58 Å². The third kappa shape index (κ3) is 8.15. The Morgan fingerprint density at radius 2 is 1.36 bits per heavy atom. The van der Waals surface area contributed by atoms with Crippen molar-refractivity contribution in [3.63, 3.8) is 0 Å². The van der Waals surface area contributed by atoms with Gasteiger partial charge >= 0.3 is 11.9 Å². The number of ether oxygens (including phenoxy) is 3. The number of benzene rings is 3. The molecule has 0 aliphatic rings. The van der Waals surface area contributed by atoms with Crippen LogP contribution in [0.15, 0.2) is 97.6 Å². The fourth-order valence-corrected chi connectivity index (χ4v) is 2.96. The van der Waals surface area contributed by atoms with E-state index in [-0.39, 0.29) is 0 Å². The molecule has 0 aliphatic carbocycles. The minimum Gasteiger partial charge on any atom is -0.494 e. The van der Waals surface area contributed by atoms with Gasteiger partial charge in [0.1, 0.15) is 11.5 Å². The normalized spacial score (nSPS) is 10.5. The summed E-state index contributed by atoms with van der Waals surface area (Å²) in [6.07, 6.45) is 5.72. The van der Waals surface area contributed by atoms with E-state index in [9.17, 15) is 9.59 Å². The first-order valence-electron chi connectivity index (χ1n) is 10.7. The molecule has 0 saturated carbocycles. The first-order chi connectivity index (χ1) is 16.1. The Hall–Kier alpha value is -4.12. The van der Waals surface area contributed by atoms with Gasteiger partial charge in [-0.3, -0.25) is 0 Å². The number of esters is 2. The van der Waals surface area contributed by atoms with Crippen LogP contribution in [0.3, 0.4) is 0 Å². The quantitative estimate of drug-likeness (QED) is 0.161. The molecule has 0 unspecified atom stereocenters. The van der Waals surface area contributed by atoms with Crippen molar-refractivity contribution in [3.05, 3.63) is 103 Å². The zero-order valence-electron chi connectivity index (χ0n) is 18.3. The molecule has 0 N–H and O–H groups in total. The largest absolute Gasteiger partial charge is 0.494 e. The molecule has 0 fully saturated rings. The Morgan fingerprint density at radius 1 is 0.727 bits per heavy atom. The average molecular weight is 443 g/mol. The van der Waals surface area contributed by atoms with Crippen LogP contribution < -0.4 is 9.47 Å². The van der Waals surface area contributed by atoms with E-state index >= 15 is 0 Å². The van der Waals surface area contributed by atoms with Gasteiger partial charge in [-0.2, -0.15) is 0 Å². The smallest absolute Gasteiger partial charge is 0.336 e. The van der Waals surface area contributed by atoms with Crippen LogP contribution in [0.25, 0.3) is 17.2 Å². The molecule has 0 atom stereocenters. The number of rotatable bonds is 11. The van der Waals surface area contributed by atoms with Gasteiger partial charge < -0.3 is 14.2 Å². The van der Waals surface area contributed by atoms with Crippen LogP contribution in [0, 0.1) is 0 Å². The van der Waals surface area contributed by atoms with Crippen molar-refractivity contribution in [1.82, 2.24) is 0 Å². The second-order valence-corrected chi connectivity index (χ2v) is 7.14. The summed E-state index contributed by atoms with van der Waals surface area (Å²) < 4.78 is 15.9. The van der Waals surface area contributed by atoms with Crippen LogP contribution in [0.1, 0.15) is 18.4 Å². The summed E-state index contributed by atoms with van der Waals surface area (Å²) in [5.41, 5.74) is 3.02. The maximum atomic E-state index is 12.1. The predicted molar refractivity (Wildman–Crippen MR) is 129 cm³/mol. The summed E-state index contributed by atoms with van der Waals surface area (Å²) in [5, 5.41) is 0. The lowest BCUT2D eigenvalue weighted by Gasteiger charge is -2.06. The topological polar surface area (TPSA) is 61.8 Å². The van der Waals surface area contributed by atoms with Gasteiger partial charge in [0.25, 0.3) is 0 Å². The fraction of sp³-hybridized carbons (Fsp3) is 0.143. The van der Waals surface area contributed by atoms with Crippen molar-refractivity contribution in [2.75, 3.05) is 13.2 Å². The highest BCUT2D eigenvalue weighted by atomic mass is 16.5. The van der Waals surface area contributed by atoms with Gasteiger partial charge in [0.05, 0.1) is 13.2 Å². The summed E-state index contributed by atoms with van der Waals surface area (Å²) in [6.45, 7) is 4.22. The Morgan fingerprint density at radius 3 is 2.06 bits per heavy atom. The van der Waals surface area contributed by atoms with Crippen LogP contribution in [-0.4, -0.2) is 25.2 Å². The van der Waals surface area contributed by atoms with E-state index in [1.807, 2.05) is 66.7 Å². The van der Waals surface area contributed by atoms with Crippen LogP contribution >= 0.6 is 0 Å². The van der Waals surface area contributed by atoms with Crippen molar-refractivity contribution >= 4 is 18.0 Å². The molecule has 0 saturated heterocycles. The van der Waals surface area contributed by atoms with E-state index in [4.69, 9.17) is 14.2 Å². The molecule has 0 aliphatic heterocycles. The molecule has 0 radical (unpaired) electrons. The fourth-order valence-electron chi connectivity index (χ4n) is 2.96. The lowest BCUT2D eigenvalue weighted by molar-refractivity contribution is -0.137. The molecule has 0 bridgehead atoms. The van der Waals surface area contributed by atoms with Gasteiger partial charge in [0.2, 0.25) is 0 Å². The Balaban J connectivity index is 1.40. The molecule has 33 heavy (non-hydrogen) atoms. The predicted octanol–water partition coefficient (Wildman–Crippen LogP) is 5.86. The lowest BCUT2D eigenvalue weighted by atomic mass is 10.1. The molecular formula is C28H26O5. The van der Waals surface area contributed by atoms with E-state index in [1.165, 1.54) is 6.08 Å². The molecule has 168 valence electrons. The van der Waals surface area contributed by atoms with E-state index in [1.54, 1.807) is 18.2 Å². The number of hydrogen-bond acceptors (Lipinski definition) is 5. The lowest BCUT2D eigenvalue weighted by Crippen LogP contribution is -2.04. The van der Waals surface area contributed by atoms with Gasteiger partial charge in [-0.05, 0) is 59.9 Å². The summed E-state index contributed by atoms with van der Waals surface area (Å²) >= 11 is 0. The number of unbranched alkanes of at least 4 members (excludes halogenated alkanes) is 1. The molecule has 3 aromatic rings. The minimum absolute atomic E-state index is 0.352. The molecule has 0 spiro atoms. The molecular weight excluding hydrogens is 416 g/mol.